The molecule has 1 aromatic carbocycles. The molecule has 0 aliphatic rings. The van der Waals surface area contributed by atoms with Crippen molar-refractivity contribution in [3.8, 4) is 0 Å². The van der Waals surface area contributed by atoms with Crippen molar-refractivity contribution in [1.82, 2.24) is 10.6 Å². The van der Waals surface area contributed by atoms with E-state index < -0.39 is 0 Å². The molecular weight excluding hydrogens is 417 g/mol. The number of nitrogens with zero attached hydrogens (tertiary/aromatic N) is 1. The van der Waals surface area contributed by atoms with Crippen molar-refractivity contribution in [2.75, 3.05) is 32.1 Å². The second kappa shape index (κ2) is 13.5. The molecule has 0 saturated carbocycles. The van der Waals surface area contributed by atoms with Gasteiger partial charge in [-0.15, -0.1) is 24.0 Å². The van der Waals surface area contributed by atoms with Gasteiger partial charge in [-0.2, -0.15) is 11.8 Å². The number of thioether (sulfide) groups is 1. The summed E-state index contributed by atoms with van der Waals surface area (Å²) in [5.74, 6) is 2.10. The van der Waals surface area contributed by atoms with E-state index >= 15 is 0 Å². The lowest BCUT2D eigenvalue weighted by Gasteiger charge is -2.11. The minimum absolute atomic E-state index is 0. The van der Waals surface area contributed by atoms with E-state index in [0.717, 1.165) is 30.5 Å². The molecule has 0 radical (unpaired) electrons. The average molecular weight is 442 g/mol. The van der Waals surface area contributed by atoms with Gasteiger partial charge in [-0.3, -0.25) is 4.99 Å². The Labute approximate surface area is 154 Å². The monoisotopic (exact) mass is 441 g/mol. The molecule has 0 unspecified atom stereocenters. The second-order valence-corrected chi connectivity index (χ2v) is 5.93. The van der Waals surface area contributed by atoms with E-state index in [1.807, 2.05) is 30.0 Å². The molecule has 120 valence electrons. The summed E-state index contributed by atoms with van der Waals surface area (Å²) < 4.78 is 0. The number of hydrogen-bond donors (Lipinski definition) is 2. The van der Waals surface area contributed by atoms with E-state index in [1.54, 1.807) is 7.05 Å². The molecule has 0 aliphatic carbocycles. The van der Waals surface area contributed by atoms with Crippen LogP contribution >= 0.6 is 47.3 Å². The van der Waals surface area contributed by atoms with Gasteiger partial charge in [0, 0.05) is 25.2 Å². The minimum atomic E-state index is 0. The molecule has 2 N–H and O–H groups in total. The number of aliphatic imine (C=N–C) groups is 1. The molecule has 6 heteroatoms. The van der Waals surface area contributed by atoms with Crippen LogP contribution < -0.4 is 10.6 Å². The summed E-state index contributed by atoms with van der Waals surface area (Å²) in [7, 11) is 1.80. The summed E-state index contributed by atoms with van der Waals surface area (Å²) in [5, 5.41) is 7.44. The maximum Gasteiger partial charge on any atom is 0.190 e. The third-order valence-electron chi connectivity index (χ3n) is 2.89. The zero-order valence-corrected chi connectivity index (χ0v) is 16.6. The fourth-order valence-electron chi connectivity index (χ4n) is 1.82. The zero-order valence-electron chi connectivity index (χ0n) is 12.7. The van der Waals surface area contributed by atoms with Crippen molar-refractivity contribution in [2.45, 2.75) is 19.3 Å². The number of unbranched alkanes of at least 4 members (excludes halogenated alkanes) is 1. The Kier molecular flexibility index (Phi) is 13.4. The van der Waals surface area contributed by atoms with Gasteiger partial charge in [-0.05, 0) is 49.0 Å². The first kappa shape index (κ1) is 20.9. The van der Waals surface area contributed by atoms with Crippen LogP contribution in [0.2, 0.25) is 5.02 Å². The van der Waals surface area contributed by atoms with Gasteiger partial charge < -0.3 is 10.6 Å². The standard InChI is InChI=1S/C15H24ClN3S.HI/c1-17-15(18-9-3-4-11-20-2)19-10-8-13-6-5-7-14(16)12-13;/h5-7,12H,3-4,8-11H2,1-2H3,(H2,17,18,19);1H. The molecule has 0 amide bonds. The van der Waals surface area contributed by atoms with Crippen molar-refractivity contribution in [1.29, 1.82) is 0 Å². The highest BCUT2D eigenvalue weighted by atomic mass is 127. The SMILES string of the molecule is CN=C(NCCCCSC)NCCc1cccc(Cl)c1.I. The Morgan fingerprint density at radius 1 is 1.24 bits per heavy atom. The largest absolute Gasteiger partial charge is 0.356 e. The highest BCUT2D eigenvalue weighted by Crippen LogP contribution is 2.10. The van der Waals surface area contributed by atoms with Crippen molar-refractivity contribution in [3.05, 3.63) is 34.9 Å². The summed E-state index contributed by atoms with van der Waals surface area (Å²) in [6.45, 7) is 1.82. The quantitative estimate of drug-likeness (QED) is 0.279. The predicted molar refractivity (Wildman–Crippen MR) is 108 cm³/mol. The maximum atomic E-state index is 5.97. The molecule has 0 atom stereocenters. The van der Waals surface area contributed by atoms with Crippen LogP contribution in [0.5, 0.6) is 0 Å². The summed E-state index contributed by atoms with van der Waals surface area (Å²) in [5.41, 5.74) is 1.24. The van der Waals surface area contributed by atoms with Crippen molar-refractivity contribution < 1.29 is 0 Å². The normalized spacial score (nSPS) is 10.9. The van der Waals surface area contributed by atoms with Gasteiger partial charge in [0.25, 0.3) is 0 Å². The van der Waals surface area contributed by atoms with Crippen molar-refractivity contribution in [3.63, 3.8) is 0 Å². The molecule has 3 nitrogen and oxygen atoms in total. The first-order chi connectivity index (χ1) is 9.76. The Morgan fingerprint density at radius 2 is 2.00 bits per heavy atom. The predicted octanol–water partition coefficient (Wildman–Crippen LogP) is 3.81. The van der Waals surface area contributed by atoms with Crippen molar-refractivity contribution in [2.24, 2.45) is 4.99 Å². The van der Waals surface area contributed by atoms with Gasteiger partial charge in [0.15, 0.2) is 5.96 Å². The first-order valence-corrected chi connectivity index (χ1v) is 8.71. The Balaban J connectivity index is 0.00000400. The summed E-state index contributed by atoms with van der Waals surface area (Å²) >= 11 is 7.86. The van der Waals surface area contributed by atoms with Crippen LogP contribution in [0, 0.1) is 0 Å². The van der Waals surface area contributed by atoms with Gasteiger partial charge in [0.1, 0.15) is 0 Å². The Morgan fingerprint density at radius 3 is 2.67 bits per heavy atom. The number of benzene rings is 1. The number of guanidine groups is 1. The Hall–Kier alpha value is -0.140. The first-order valence-electron chi connectivity index (χ1n) is 6.94. The molecule has 1 rings (SSSR count). The molecule has 0 aromatic heterocycles. The van der Waals surface area contributed by atoms with Gasteiger partial charge in [-0.25, -0.2) is 0 Å². The fourth-order valence-corrected chi connectivity index (χ4v) is 2.52. The molecule has 0 spiro atoms. The van der Waals surface area contributed by atoms with Gasteiger partial charge >= 0.3 is 0 Å². The highest BCUT2D eigenvalue weighted by Gasteiger charge is 1.98. The maximum absolute atomic E-state index is 5.97. The molecular formula is C15H25ClIN3S. The minimum Gasteiger partial charge on any atom is -0.356 e. The van der Waals surface area contributed by atoms with E-state index in [1.165, 1.54) is 24.2 Å². The number of hydrogen-bond acceptors (Lipinski definition) is 2. The molecule has 21 heavy (non-hydrogen) atoms. The molecule has 0 fully saturated rings. The van der Waals surface area contributed by atoms with Gasteiger partial charge in [-0.1, -0.05) is 23.7 Å². The van der Waals surface area contributed by atoms with E-state index in [2.05, 4.69) is 27.9 Å². The molecule has 0 heterocycles. The van der Waals surface area contributed by atoms with Crippen LogP contribution in [0.4, 0.5) is 0 Å². The third kappa shape index (κ3) is 10.3. The summed E-state index contributed by atoms with van der Waals surface area (Å²) in [6.07, 6.45) is 5.50. The smallest absolute Gasteiger partial charge is 0.190 e. The van der Waals surface area contributed by atoms with Gasteiger partial charge in [0.05, 0.1) is 0 Å². The number of nitrogens with one attached hydrogen (secondary N) is 2. The van der Waals surface area contributed by atoms with Crippen LogP contribution in [-0.4, -0.2) is 38.1 Å². The van der Waals surface area contributed by atoms with Crippen LogP contribution in [-0.2, 0) is 6.42 Å². The third-order valence-corrected chi connectivity index (χ3v) is 3.82. The van der Waals surface area contributed by atoms with Crippen LogP contribution in [0.15, 0.2) is 29.3 Å². The van der Waals surface area contributed by atoms with Crippen LogP contribution in [0.1, 0.15) is 18.4 Å². The van der Waals surface area contributed by atoms with Crippen molar-refractivity contribution >= 4 is 53.3 Å². The van der Waals surface area contributed by atoms with Gasteiger partial charge in [0.2, 0.25) is 0 Å². The zero-order chi connectivity index (χ0) is 14.6. The van der Waals surface area contributed by atoms with E-state index in [0.29, 0.717) is 0 Å². The molecule has 0 bridgehead atoms. The second-order valence-electron chi connectivity index (χ2n) is 4.51. The average Bonchev–Trinajstić information content (AvgIpc) is 2.45. The van der Waals surface area contributed by atoms with Crippen LogP contribution in [0.25, 0.3) is 0 Å². The summed E-state index contributed by atoms with van der Waals surface area (Å²) in [4.78, 5) is 4.22. The number of rotatable bonds is 8. The highest BCUT2D eigenvalue weighted by molar-refractivity contribution is 14.0. The van der Waals surface area contributed by atoms with Crippen LogP contribution in [0.3, 0.4) is 0 Å². The Bertz CT molecular complexity index is 416. The lowest BCUT2D eigenvalue weighted by atomic mass is 10.1. The van der Waals surface area contributed by atoms with E-state index in [-0.39, 0.29) is 24.0 Å². The topological polar surface area (TPSA) is 36.4 Å². The number of halogens is 2. The lowest BCUT2D eigenvalue weighted by molar-refractivity contribution is 0.730. The molecule has 0 aliphatic heterocycles. The lowest BCUT2D eigenvalue weighted by Crippen LogP contribution is -2.38. The molecule has 0 saturated heterocycles. The molecule has 1 aromatic rings. The fraction of sp³-hybridized carbons (Fsp3) is 0.533. The summed E-state index contributed by atoms with van der Waals surface area (Å²) in [6, 6.07) is 7.97. The van der Waals surface area contributed by atoms with E-state index in [4.69, 9.17) is 11.6 Å². The van der Waals surface area contributed by atoms with E-state index in [9.17, 15) is 0 Å².